The second-order valence-corrected chi connectivity index (χ2v) is 9.35. The average Bonchev–Trinajstić information content (AvgIpc) is 2.97. The summed E-state index contributed by atoms with van der Waals surface area (Å²) in [7, 11) is 0. The molecule has 4 aromatic carbocycles. The minimum Gasteiger partial charge on any atom is -0.492 e. The molecule has 2 amide bonds. The Hall–Kier alpha value is -5.04. The second kappa shape index (κ2) is 12.7. The van der Waals surface area contributed by atoms with Gasteiger partial charge >= 0.3 is 0 Å². The first kappa shape index (κ1) is 26.6. The van der Waals surface area contributed by atoms with Gasteiger partial charge in [0, 0.05) is 17.8 Å². The number of fused-ring (bicyclic) bond motifs is 1. The molecule has 1 aliphatic heterocycles. The van der Waals surface area contributed by atoms with Gasteiger partial charge in [-0.3, -0.25) is 9.59 Å². The first-order chi connectivity index (χ1) is 19.5. The van der Waals surface area contributed by atoms with Crippen LogP contribution in [0.5, 0.6) is 17.2 Å². The molecule has 1 N–H and O–H groups in total. The van der Waals surface area contributed by atoms with Crippen LogP contribution in [-0.4, -0.2) is 31.6 Å². The number of anilines is 2. The zero-order valence-corrected chi connectivity index (χ0v) is 22.2. The predicted octanol–water partition coefficient (Wildman–Crippen LogP) is 6.03. The molecule has 7 nitrogen and oxygen atoms in total. The van der Waals surface area contributed by atoms with Crippen LogP contribution in [0.25, 0.3) is 6.08 Å². The van der Waals surface area contributed by atoms with Gasteiger partial charge < -0.3 is 24.4 Å². The maximum atomic E-state index is 12.6. The van der Waals surface area contributed by atoms with Crippen LogP contribution in [-0.2, 0) is 16.2 Å². The third-order valence-electron chi connectivity index (χ3n) is 6.30. The highest BCUT2D eigenvalue weighted by Crippen LogP contribution is 2.34. The number of carbonyl (C=O) groups excluding carboxylic acids is 2. The highest BCUT2D eigenvalue weighted by molar-refractivity contribution is 6.03. The van der Waals surface area contributed by atoms with Crippen LogP contribution in [0.2, 0.25) is 0 Å². The number of ether oxygens (including phenoxy) is 3. The summed E-state index contributed by atoms with van der Waals surface area (Å²) in [5.74, 6) is 1.63. The van der Waals surface area contributed by atoms with E-state index in [9.17, 15) is 9.59 Å². The van der Waals surface area contributed by atoms with Gasteiger partial charge in [0.2, 0.25) is 5.91 Å². The van der Waals surface area contributed by atoms with Crippen molar-refractivity contribution >= 4 is 29.3 Å². The van der Waals surface area contributed by atoms with Crippen molar-refractivity contribution in [3.8, 4) is 17.2 Å². The SMILES string of the molecule is Cc1cccc(OCCN2C(=O)COc3cc(NC(=O)/C=C/c4ccc(OCc5ccccc5)cc4)ccc32)c1. The van der Waals surface area contributed by atoms with Crippen LogP contribution >= 0.6 is 0 Å². The fourth-order valence-electron chi connectivity index (χ4n) is 4.26. The number of rotatable bonds is 10. The van der Waals surface area contributed by atoms with E-state index in [1.54, 1.807) is 29.2 Å². The van der Waals surface area contributed by atoms with Gasteiger partial charge in [-0.15, -0.1) is 0 Å². The Bertz CT molecular complexity index is 1500. The molecule has 40 heavy (non-hydrogen) atoms. The third-order valence-corrected chi connectivity index (χ3v) is 6.30. The minimum atomic E-state index is -0.278. The van der Waals surface area contributed by atoms with Crippen LogP contribution in [0.1, 0.15) is 16.7 Å². The Morgan fingerprint density at radius 2 is 1.75 bits per heavy atom. The third kappa shape index (κ3) is 7.08. The predicted molar refractivity (Wildman–Crippen MR) is 156 cm³/mol. The molecule has 7 heteroatoms. The van der Waals surface area contributed by atoms with Crippen molar-refractivity contribution in [2.24, 2.45) is 0 Å². The summed E-state index contributed by atoms with van der Waals surface area (Å²) in [6, 6.07) is 30.5. The Morgan fingerprint density at radius 1 is 0.925 bits per heavy atom. The van der Waals surface area contributed by atoms with Gasteiger partial charge in [0.1, 0.15) is 30.5 Å². The maximum absolute atomic E-state index is 12.6. The molecule has 0 aliphatic carbocycles. The Labute approximate surface area is 233 Å². The normalized spacial score (nSPS) is 12.5. The van der Waals surface area contributed by atoms with Crippen molar-refractivity contribution in [3.05, 3.63) is 120 Å². The summed E-state index contributed by atoms with van der Waals surface area (Å²) in [6.45, 7) is 3.16. The molecular weight excluding hydrogens is 504 g/mol. The summed E-state index contributed by atoms with van der Waals surface area (Å²) in [5, 5.41) is 2.85. The van der Waals surface area contributed by atoms with E-state index in [1.807, 2.05) is 85.8 Å². The fraction of sp³-hybridized carbons (Fsp3) is 0.152. The van der Waals surface area contributed by atoms with Crippen molar-refractivity contribution in [1.29, 1.82) is 0 Å². The van der Waals surface area contributed by atoms with E-state index in [0.29, 0.717) is 36.9 Å². The standard InChI is InChI=1S/C33H30N2O5/c1-24-6-5-9-29(20-24)38-19-18-35-30-16-13-27(21-31(30)40-23-33(35)37)34-32(36)17-12-25-10-14-28(15-11-25)39-22-26-7-3-2-4-8-26/h2-17,20-21H,18-19,22-23H2,1H3,(H,34,36)/b17-12+. The van der Waals surface area contributed by atoms with Gasteiger partial charge in [-0.05, 0) is 66.1 Å². The Balaban J connectivity index is 1.14. The van der Waals surface area contributed by atoms with E-state index in [-0.39, 0.29) is 18.4 Å². The molecule has 0 saturated carbocycles. The van der Waals surface area contributed by atoms with E-state index >= 15 is 0 Å². The molecule has 1 aliphatic rings. The first-order valence-electron chi connectivity index (χ1n) is 13.1. The lowest BCUT2D eigenvalue weighted by Crippen LogP contribution is -2.41. The lowest BCUT2D eigenvalue weighted by Gasteiger charge is -2.29. The topological polar surface area (TPSA) is 77.1 Å². The van der Waals surface area contributed by atoms with Gasteiger partial charge in [-0.25, -0.2) is 0 Å². The fourth-order valence-corrected chi connectivity index (χ4v) is 4.26. The first-order valence-corrected chi connectivity index (χ1v) is 13.1. The molecule has 1 heterocycles. The molecule has 0 atom stereocenters. The lowest BCUT2D eigenvalue weighted by atomic mass is 10.2. The summed E-state index contributed by atoms with van der Waals surface area (Å²) in [4.78, 5) is 26.7. The van der Waals surface area contributed by atoms with Crippen molar-refractivity contribution in [3.63, 3.8) is 0 Å². The van der Waals surface area contributed by atoms with E-state index in [1.165, 1.54) is 6.08 Å². The molecule has 0 saturated heterocycles. The Kier molecular flexibility index (Phi) is 8.41. The smallest absolute Gasteiger partial charge is 0.265 e. The molecule has 4 aromatic rings. The van der Waals surface area contributed by atoms with Gasteiger partial charge in [-0.2, -0.15) is 0 Å². The van der Waals surface area contributed by atoms with E-state index in [2.05, 4.69) is 5.32 Å². The van der Waals surface area contributed by atoms with Crippen LogP contribution in [0.4, 0.5) is 11.4 Å². The van der Waals surface area contributed by atoms with Crippen LogP contribution < -0.4 is 24.4 Å². The van der Waals surface area contributed by atoms with Crippen molar-refractivity contribution in [2.45, 2.75) is 13.5 Å². The van der Waals surface area contributed by atoms with Crippen molar-refractivity contribution in [2.75, 3.05) is 30.0 Å². The summed E-state index contributed by atoms with van der Waals surface area (Å²) in [5.41, 5.74) is 4.30. The molecule has 0 unspecified atom stereocenters. The summed E-state index contributed by atoms with van der Waals surface area (Å²) < 4.78 is 17.3. The number of nitrogens with zero attached hydrogens (tertiary/aromatic N) is 1. The van der Waals surface area contributed by atoms with Crippen LogP contribution in [0.15, 0.2) is 103 Å². The number of aryl methyl sites for hydroxylation is 1. The zero-order chi connectivity index (χ0) is 27.7. The summed E-state index contributed by atoms with van der Waals surface area (Å²) >= 11 is 0. The number of benzene rings is 4. The molecule has 202 valence electrons. The van der Waals surface area contributed by atoms with Gasteiger partial charge in [0.05, 0.1) is 12.2 Å². The van der Waals surface area contributed by atoms with Gasteiger partial charge in [-0.1, -0.05) is 54.6 Å². The maximum Gasteiger partial charge on any atom is 0.265 e. The highest BCUT2D eigenvalue weighted by atomic mass is 16.5. The molecule has 0 bridgehead atoms. The second-order valence-electron chi connectivity index (χ2n) is 9.35. The molecular formula is C33H30N2O5. The number of hydrogen-bond acceptors (Lipinski definition) is 5. The summed E-state index contributed by atoms with van der Waals surface area (Å²) in [6.07, 6.45) is 3.21. The van der Waals surface area contributed by atoms with Crippen LogP contribution in [0.3, 0.4) is 0 Å². The van der Waals surface area contributed by atoms with Gasteiger partial charge in [0.15, 0.2) is 6.61 Å². The zero-order valence-electron chi connectivity index (χ0n) is 22.2. The number of amides is 2. The number of hydrogen-bond donors (Lipinski definition) is 1. The highest BCUT2D eigenvalue weighted by Gasteiger charge is 2.25. The monoisotopic (exact) mass is 534 g/mol. The van der Waals surface area contributed by atoms with E-state index in [0.717, 1.165) is 28.2 Å². The van der Waals surface area contributed by atoms with E-state index < -0.39 is 0 Å². The molecule has 5 rings (SSSR count). The molecule has 0 spiro atoms. The van der Waals surface area contributed by atoms with E-state index in [4.69, 9.17) is 14.2 Å². The lowest BCUT2D eigenvalue weighted by molar-refractivity contribution is -0.121. The largest absolute Gasteiger partial charge is 0.492 e. The minimum absolute atomic E-state index is 0.0696. The quantitative estimate of drug-likeness (QED) is 0.252. The van der Waals surface area contributed by atoms with Crippen molar-refractivity contribution in [1.82, 2.24) is 0 Å². The molecule has 0 aromatic heterocycles. The van der Waals surface area contributed by atoms with Crippen LogP contribution in [0, 0.1) is 6.92 Å². The van der Waals surface area contributed by atoms with Crippen molar-refractivity contribution < 1.29 is 23.8 Å². The average molecular weight is 535 g/mol. The Morgan fingerprint density at radius 3 is 2.55 bits per heavy atom. The van der Waals surface area contributed by atoms with Gasteiger partial charge in [0.25, 0.3) is 5.91 Å². The number of carbonyl (C=O) groups is 2. The molecule has 0 fully saturated rings. The number of nitrogens with one attached hydrogen (secondary N) is 1. The molecule has 0 radical (unpaired) electrons.